The Bertz CT molecular complexity index is 1250. The lowest BCUT2D eigenvalue weighted by Gasteiger charge is -2.16. The molecule has 0 spiro atoms. The van der Waals surface area contributed by atoms with Crippen LogP contribution in [0.25, 0.3) is 11.1 Å². The number of hydrogen-bond donors (Lipinski definition) is 1. The Labute approximate surface area is 179 Å². The van der Waals surface area contributed by atoms with E-state index in [1.807, 2.05) is 0 Å². The Morgan fingerprint density at radius 3 is 2.47 bits per heavy atom. The second-order valence-electron chi connectivity index (χ2n) is 6.76. The van der Waals surface area contributed by atoms with E-state index in [-0.39, 0.29) is 21.9 Å². The number of hydrogen-bond acceptors (Lipinski definition) is 6. The summed E-state index contributed by atoms with van der Waals surface area (Å²) in [5, 5.41) is 14.6. The van der Waals surface area contributed by atoms with Gasteiger partial charge in [-0.15, -0.1) is 0 Å². The third-order valence-electron chi connectivity index (χ3n) is 4.87. The van der Waals surface area contributed by atoms with Crippen molar-refractivity contribution in [3.05, 3.63) is 58.2 Å². The number of sulfone groups is 1. The van der Waals surface area contributed by atoms with Gasteiger partial charge in [-0.25, -0.2) is 13.1 Å². The summed E-state index contributed by atoms with van der Waals surface area (Å²) in [6.45, 7) is 3.86. The van der Waals surface area contributed by atoms with Crippen molar-refractivity contribution in [1.29, 1.82) is 0 Å². The first kappa shape index (κ1) is 21.9. The highest BCUT2D eigenvalue weighted by Crippen LogP contribution is 2.37. The fraction of sp³-hybridized carbons (Fsp3) is 0.238. The number of aromatic nitrogens is 2. The first-order valence-corrected chi connectivity index (χ1v) is 11.3. The second-order valence-corrected chi connectivity index (χ2v) is 9.15. The van der Waals surface area contributed by atoms with Crippen LogP contribution in [0.1, 0.15) is 28.4 Å². The van der Waals surface area contributed by atoms with Gasteiger partial charge in [0.2, 0.25) is 5.88 Å². The van der Waals surface area contributed by atoms with Crippen molar-refractivity contribution in [3.63, 3.8) is 0 Å². The standard InChI is InChI=1S/C21H21ClN2O5S/c1-5-24-21(26)15(11-23-24)20(25)14-7-9-18(30(4,27)28)19(12(14)2)13-6-8-17(29-3)16(22)10-13/h6-11,26H,5H2,1-4H3. The summed E-state index contributed by atoms with van der Waals surface area (Å²) in [6, 6.07) is 7.76. The van der Waals surface area contributed by atoms with Crippen LogP contribution in [-0.2, 0) is 16.4 Å². The van der Waals surface area contributed by atoms with Gasteiger partial charge in [0.15, 0.2) is 15.6 Å². The lowest BCUT2D eigenvalue weighted by molar-refractivity contribution is 0.103. The van der Waals surface area contributed by atoms with Crippen molar-refractivity contribution in [2.45, 2.75) is 25.3 Å². The maximum atomic E-state index is 13.1. The minimum Gasteiger partial charge on any atom is -0.495 e. The number of rotatable bonds is 6. The third-order valence-corrected chi connectivity index (χ3v) is 6.30. The summed E-state index contributed by atoms with van der Waals surface area (Å²) in [5.41, 5.74) is 1.66. The molecule has 0 saturated heterocycles. The number of ether oxygens (including phenoxy) is 1. The molecule has 0 bridgehead atoms. The Balaban J connectivity index is 2.26. The average molecular weight is 449 g/mol. The van der Waals surface area contributed by atoms with Gasteiger partial charge in [-0.1, -0.05) is 17.7 Å². The molecule has 0 aliphatic carbocycles. The Morgan fingerprint density at radius 2 is 1.93 bits per heavy atom. The van der Waals surface area contributed by atoms with Crippen LogP contribution in [0.2, 0.25) is 5.02 Å². The van der Waals surface area contributed by atoms with Gasteiger partial charge in [0.05, 0.1) is 23.2 Å². The van der Waals surface area contributed by atoms with Gasteiger partial charge in [-0.05, 0) is 49.2 Å². The largest absolute Gasteiger partial charge is 0.495 e. The smallest absolute Gasteiger partial charge is 0.220 e. The normalized spacial score (nSPS) is 11.5. The Kier molecular flexibility index (Phi) is 5.92. The lowest BCUT2D eigenvalue weighted by atomic mass is 9.92. The van der Waals surface area contributed by atoms with Gasteiger partial charge in [0.25, 0.3) is 0 Å². The molecule has 0 radical (unpaired) electrons. The number of carbonyl (C=O) groups is 1. The van der Waals surface area contributed by atoms with Crippen molar-refractivity contribution >= 4 is 27.2 Å². The molecule has 7 nitrogen and oxygen atoms in total. The molecule has 0 atom stereocenters. The number of aromatic hydroxyl groups is 1. The summed E-state index contributed by atoms with van der Waals surface area (Å²) in [7, 11) is -2.12. The van der Waals surface area contributed by atoms with E-state index in [9.17, 15) is 18.3 Å². The van der Waals surface area contributed by atoms with E-state index in [0.29, 0.717) is 34.0 Å². The van der Waals surface area contributed by atoms with E-state index in [0.717, 1.165) is 6.26 Å². The van der Waals surface area contributed by atoms with Crippen LogP contribution < -0.4 is 4.74 Å². The molecule has 30 heavy (non-hydrogen) atoms. The molecule has 0 saturated carbocycles. The van der Waals surface area contributed by atoms with Crippen LogP contribution in [0.15, 0.2) is 41.4 Å². The highest BCUT2D eigenvalue weighted by molar-refractivity contribution is 7.90. The fourth-order valence-electron chi connectivity index (χ4n) is 3.34. The maximum absolute atomic E-state index is 13.1. The highest BCUT2D eigenvalue weighted by atomic mass is 35.5. The Morgan fingerprint density at radius 1 is 1.23 bits per heavy atom. The van der Waals surface area contributed by atoms with Gasteiger partial charge in [0.1, 0.15) is 11.3 Å². The number of methoxy groups -OCH3 is 1. The van der Waals surface area contributed by atoms with Gasteiger partial charge >= 0.3 is 0 Å². The zero-order valence-corrected chi connectivity index (χ0v) is 18.5. The van der Waals surface area contributed by atoms with Crippen LogP contribution in [0.4, 0.5) is 0 Å². The van der Waals surface area contributed by atoms with Crippen molar-refractivity contribution < 1.29 is 23.1 Å². The first-order chi connectivity index (χ1) is 14.1. The van der Waals surface area contributed by atoms with Crippen LogP contribution in [-0.4, -0.2) is 42.5 Å². The van der Waals surface area contributed by atoms with Crippen LogP contribution >= 0.6 is 11.6 Å². The minimum absolute atomic E-state index is 0.0470. The van der Waals surface area contributed by atoms with Crippen molar-refractivity contribution in [2.75, 3.05) is 13.4 Å². The lowest BCUT2D eigenvalue weighted by Crippen LogP contribution is -2.09. The van der Waals surface area contributed by atoms with Crippen molar-refractivity contribution in [3.8, 4) is 22.8 Å². The molecule has 0 fully saturated rings. The predicted octanol–water partition coefficient (Wildman–Crippen LogP) is 3.88. The molecule has 0 aliphatic heterocycles. The molecule has 3 rings (SSSR count). The topological polar surface area (TPSA) is 98.5 Å². The summed E-state index contributed by atoms with van der Waals surface area (Å²) in [6.07, 6.45) is 2.41. The molecule has 0 aliphatic rings. The molecule has 3 aromatic rings. The summed E-state index contributed by atoms with van der Waals surface area (Å²) in [5.74, 6) is -0.239. The van der Waals surface area contributed by atoms with Gasteiger partial charge in [-0.3, -0.25) is 4.79 Å². The molecule has 0 unspecified atom stereocenters. The zero-order valence-electron chi connectivity index (χ0n) is 16.9. The van der Waals surface area contributed by atoms with E-state index in [4.69, 9.17) is 16.3 Å². The number of carbonyl (C=O) groups excluding carboxylic acids is 1. The highest BCUT2D eigenvalue weighted by Gasteiger charge is 2.25. The predicted molar refractivity (Wildman–Crippen MR) is 114 cm³/mol. The number of nitrogens with zero attached hydrogens (tertiary/aromatic N) is 2. The third kappa shape index (κ3) is 3.80. The van der Waals surface area contributed by atoms with Gasteiger partial charge in [0, 0.05) is 23.9 Å². The van der Waals surface area contributed by atoms with E-state index in [2.05, 4.69) is 5.10 Å². The number of halogens is 1. The molecular weight excluding hydrogens is 428 g/mol. The van der Waals surface area contributed by atoms with E-state index in [1.165, 1.54) is 30.1 Å². The van der Waals surface area contributed by atoms with Crippen LogP contribution in [0.3, 0.4) is 0 Å². The maximum Gasteiger partial charge on any atom is 0.220 e. The summed E-state index contributed by atoms with van der Waals surface area (Å²) >= 11 is 6.25. The van der Waals surface area contributed by atoms with Crippen LogP contribution in [0.5, 0.6) is 11.6 Å². The van der Waals surface area contributed by atoms with Crippen LogP contribution in [0, 0.1) is 6.92 Å². The van der Waals surface area contributed by atoms with E-state index < -0.39 is 15.6 Å². The van der Waals surface area contributed by atoms with E-state index >= 15 is 0 Å². The molecule has 9 heteroatoms. The second kappa shape index (κ2) is 8.12. The number of benzene rings is 2. The monoisotopic (exact) mass is 448 g/mol. The molecule has 1 N–H and O–H groups in total. The van der Waals surface area contributed by atoms with Gasteiger partial charge < -0.3 is 9.84 Å². The minimum atomic E-state index is -3.60. The molecular formula is C21H21ClN2O5S. The number of aryl methyl sites for hydroxylation is 1. The first-order valence-electron chi connectivity index (χ1n) is 9.07. The van der Waals surface area contributed by atoms with Crippen molar-refractivity contribution in [1.82, 2.24) is 9.78 Å². The van der Waals surface area contributed by atoms with Gasteiger partial charge in [-0.2, -0.15) is 5.10 Å². The number of ketones is 1. The molecule has 1 aromatic heterocycles. The quantitative estimate of drug-likeness (QED) is 0.574. The molecule has 1 heterocycles. The van der Waals surface area contributed by atoms with Crippen molar-refractivity contribution in [2.24, 2.45) is 0 Å². The molecule has 158 valence electrons. The average Bonchev–Trinajstić information content (AvgIpc) is 3.06. The zero-order chi connectivity index (χ0) is 22.2. The molecule has 2 aromatic carbocycles. The summed E-state index contributed by atoms with van der Waals surface area (Å²) in [4.78, 5) is 13.2. The van der Waals surface area contributed by atoms with E-state index in [1.54, 1.807) is 32.0 Å². The SMILES string of the molecule is CCn1ncc(C(=O)c2ccc(S(C)(=O)=O)c(-c3ccc(OC)c(Cl)c3)c2C)c1O. The summed E-state index contributed by atoms with van der Waals surface area (Å²) < 4.78 is 31.3. The Hall–Kier alpha value is -2.84. The fourth-order valence-corrected chi connectivity index (χ4v) is 4.55. The molecule has 0 amide bonds.